The number of nitrogens with two attached hydrogens (primary N) is 1. The zero-order valence-electron chi connectivity index (χ0n) is 16.8. The number of aromatic nitrogens is 3. The summed E-state index contributed by atoms with van der Waals surface area (Å²) in [6, 6.07) is 13.1. The minimum Gasteiger partial charge on any atom is -0.438 e. The number of hydrogen-bond acceptors (Lipinski definition) is 7. The van der Waals surface area contributed by atoms with Crippen LogP contribution in [0.3, 0.4) is 0 Å². The Morgan fingerprint density at radius 2 is 2.07 bits per heavy atom. The van der Waals surface area contributed by atoms with Crippen LogP contribution in [-0.2, 0) is 18.3 Å². The number of benzene rings is 1. The predicted molar refractivity (Wildman–Crippen MR) is 111 cm³/mol. The van der Waals surface area contributed by atoms with Gasteiger partial charge in [0.1, 0.15) is 5.75 Å². The van der Waals surface area contributed by atoms with Crippen LogP contribution in [0.15, 0.2) is 42.6 Å². The first-order valence-corrected chi connectivity index (χ1v) is 9.17. The molecule has 0 saturated carbocycles. The number of aryl methyl sites for hydroxylation is 1. The van der Waals surface area contributed by atoms with E-state index in [1.807, 2.05) is 43.3 Å². The van der Waals surface area contributed by atoms with E-state index in [1.165, 1.54) is 0 Å². The molecule has 0 aliphatic rings. The molecule has 2 aromatic heterocycles. The zero-order valence-corrected chi connectivity index (χ0v) is 16.8. The monoisotopic (exact) mass is 392 g/mol. The molecule has 2 heterocycles. The SMILES string of the molecule is COCCN(C)c1cc(Oc2cc(C#N)ccc2-c2ccc(CN)cn2)n(C)n1. The molecule has 8 heteroatoms. The summed E-state index contributed by atoms with van der Waals surface area (Å²) >= 11 is 0. The molecule has 0 spiro atoms. The van der Waals surface area contributed by atoms with Gasteiger partial charge in [-0.15, -0.1) is 0 Å². The Morgan fingerprint density at radius 1 is 1.24 bits per heavy atom. The molecule has 29 heavy (non-hydrogen) atoms. The highest BCUT2D eigenvalue weighted by molar-refractivity contribution is 5.69. The van der Waals surface area contributed by atoms with Gasteiger partial charge < -0.3 is 20.1 Å². The third kappa shape index (κ3) is 4.71. The molecule has 0 amide bonds. The van der Waals surface area contributed by atoms with Crippen molar-refractivity contribution in [2.24, 2.45) is 12.8 Å². The first-order chi connectivity index (χ1) is 14.0. The van der Waals surface area contributed by atoms with Crippen molar-refractivity contribution in [2.45, 2.75) is 6.54 Å². The van der Waals surface area contributed by atoms with Crippen molar-refractivity contribution >= 4 is 5.82 Å². The predicted octanol–water partition coefficient (Wildman–Crippen LogP) is 2.69. The Morgan fingerprint density at radius 3 is 2.72 bits per heavy atom. The molecular weight excluding hydrogens is 368 g/mol. The first kappa shape index (κ1) is 20.3. The van der Waals surface area contributed by atoms with Gasteiger partial charge in [-0.2, -0.15) is 10.4 Å². The molecule has 3 aromatic rings. The standard InChI is InChI=1S/C21H24N6O2/c1-26(8-9-28-3)20-11-21(27(2)25-20)29-19-10-15(12-22)4-6-17(19)18-7-5-16(13-23)14-24-18/h4-7,10-11,14H,8-9,13,23H2,1-3H3. The summed E-state index contributed by atoms with van der Waals surface area (Å²) in [5, 5.41) is 13.8. The van der Waals surface area contributed by atoms with Crippen LogP contribution in [-0.4, -0.2) is 42.1 Å². The number of hydrogen-bond donors (Lipinski definition) is 1. The van der Waals surface area contributed by atoms with E-state index in [4.69, 9.17) is 15.2 Å². The largest absolute Gasteiger partial charge is 0.438 e. The van der Waals surface area contributed by atoms with Crippen LogP contribution in [0.4, 0.5) is 5.82 Å². The Bertz CT molecular complexity index is 1010. The minimum atomic E-state index is 0.429. The van der Waals surface area contributed by atoms with Crippen LogP contribution < -0.4 is 15.4 Å². The fraction of sp³-hybridized carbons (Fsp3) is 0.286. The lowest BCUT2D eigenvalue weighted by molar-refractivity contribution is 0.206. The molecule has 8 nitrogen and oxygen atoms in total. The van der Waals surface area contributed by atoms with Crippen molar-refractivity contribution in [1.29, 1.82) is 5.26 Å². The molecule has 0 fully saturated rings. The molecule has 0 bridgehead atoms. The van der Waals surface area contributed by atoms with Crippen molar-refractivity contribution in [3.05, 3.63) is 53.7 Å². The molecule has 3 rings (SSSR count). The Kier molecular flexibility index (Phi) is 6.44. The molecule has 1 aromatic carbocycles. The highest BCUT2D eigenvalue weighted by Crippen LogP contribution is 2.34. The van der Waals surface area contributed by atoms with Gasteiger partial charge in [-0.05, 0) is 29.8 Å². The van der Waals surface area contributed by atoms with Gasteiger partial charge in [0, 0.05) is 52.1 Å². The molecular formula is C21H24N6O2. The number of likely N-dealkylation sites (N-methyl/N-ethyl adjacent to an activating group) is 1. The molecule has 0 unspecified atom stereocenters. The van der Waals surface area contributed by atoms with Crippen LogP contribution in [0.25, 0.3) is 11.3 Å². The summed E-state index contributed by atoms with van der Waals surface area (Å²) in [5.41, 5.74) is 8.62. The Balaban J connectivity index is 1.94. The van der Waals surface area contributed by atoms with Crippen molar-refractivity contribution < 1.29 is 9.47 Å². The second-order valence-electron chi connectivity index (χ2n) is 6.56. The fourth-order valence-corrected chi connectivity index (χ4v) is 2.77. The number of pyridine rings is 1. The lowest BCUT2D eigenvalue weighted by atomic mass is 10.1. The summed E-state index contributed by atoms with van der Waals surface area (Å²) in [7, 11) is 5.42. The van der Waals surface area contributed by atoms with E-state index in [1.54, 1.807) is 30.1 Å². The maximum absolute atomic E-state index is 9.30. The number of rotatable bonds is 8. The molecule has 0 radical (unpaired) electrons. The third-order valence-electron chi connectivity index (χ3n) is 4.51. The van der Waals surface area contributed by atoms with E-state index < -0.39 is 0 Å². The van der Waals surface area contributed by atoms with Gasteiger partial charge in [0.15, 0.2) is 5.82 Å². The first-order valence-electron chi connectivity index (χ1n) is 9.17. The maximum Gasteiger partial charge on any atom is 0.219 e. The minimum absolute atomic E-state index is 0.429. The smallest absolute Gasteiger partial charge is 0.219 e. The van der Waals surface area contributed by atoms with Crippen molar-refractivity contribution in [3.63, 3.8) is 0 Å². The second kappa shape index (κ2) is 9.19. The van der Waals surface area contributed by atoms with Crippen LogP contribution >= 0.6 is 0 Å². The van der Waals surface area contributed by atoms with Gasteiger partial charge in [-0.3, -0.25) is 4.98 Å². The molecule has 150 valence electrons. The Hall–Kier alpha value is -3.41. The van der Waals surface area contributed by atoms with E-state index in [0.717, 1.165) is 22.6 Å². The van der Waals surface area contributed by atoms with Crippen LogP contribution in [0.1, 0.15) is 11.1 Å². The van der Waals surface area contributed by atoms with Gasteiger partial charge in [-0.25, -0.2) is 4.68 Å². The average Bonchev–Trinajstić information content (AvgIpc) is 3.12. The van der Waals surface area contributed by atoms with Gasteiger partial charge in [-0.1, -0.05) is 6.07 Å². The van der Waals surface area contributed by atoms with Gasteiger partial charge in [0.05, 0.1) is 23.9 Å². The second-order valence-corrected chi connectivity index (χ2v) is 6.56. The molecule has 0 atom stereocenters. The lowest BCUT2D eigenvalue weighted by Crippen LogP contribution is -2.22. The number of nitriles is 1. The highest BCUT2D eigenvalue weighted by atomic mass is 16.5. The molecule has 0 aliphatic heterocycles. The summed E-state index contributed by atoms with van der Waals surface area (Å²) in [5.74, 6) is 1.85. The molecule has 0 aliphatic carbocycles. The van der Waals surface area contributed by atoms with Crippen molar-refractivity contribution in [2.75, 3.05) is 32.2 Å². The average molecular weight is 392 g/mol. The normalized spacial score (nSPS) is 10.6. The van der Waals surface area contributed by atoms with E-state index in [-0.39, 0.29) is 0 Å². The number of nitrogens with zero attached hydrogens (tertiary/aromatic N) is 5. The topological polar surface area (TPSA) is 102 Å². The third-order valence-corrected chi connectivity index (χ3v) is 4.51. The molecule has 0 saturated heterocycles. The van der Waals surface area contributed by atoms with Crippen molar-refractivity contribution in [3.8, 4) is 29.0 Å². The van der Waals surface area contributed by atoms with Gasteiger partial charge >= 0.3 is 0 Å². The summed E-state index contributed by atoms with van der Waals surface area (Å²) < 4.78 is 12.9. The van der Waals surface area contributed by atoms with Crippen LogP contribution in [0.5, 0.6) is 11.6 Å². The summed E-state index contributed by atoms with van der Waals surface area (Å²) in [6.07, 6.45) is 1.74. The Labute approximate surface area is 170 Å². The lowest BCUT2D eigenvalue weighted by Gasteiger charge is -2.14. The quantitative estimate of drug-likeness (QED) is 0.629. The fourth-order valence-electron chi connectivity index (χ4n) is 2.77. The number of ether oxygens (including phenoxy) is 2. The van der Waals surface area contributed by atoms with Crippen molar-refractivity contribution in [1.82, 2.24) is 14.8 Å². The van der Waals surface area contributed by atoms with Crippen LogP contribution in [0.2, 0.25) is 0 Å². The summed E-state index contributed by atoms with van der Waals surface area (Å²) in [6.45, 7) is 1.74. The van der Waals surface area contributed by atoms with Gasteiger partial charge in [0.2, 0.25) is 5.88 Å². The number of anilines is 1. The maximum atomic E-state index is 9.30. The number of methoxy groups -OCH3 is 1. The van der Waals surface area contributed by atoms with Gasteiger partial charge in [0.25, 0.3) is 0 Å². The van der Waals surface area contributed by atoms with E-state index in [9.17, 15) is 5.26 Å². The van der Waals surface area contributed by atoms with E-state index in [0.29, 0.717) is 36.9 Å². The summed E-state index contributed by atoms with van der Waals surface area (Å²) in [4.78, 5) is 6.46. The van der Waals surface area contributed by atoms with E-state index in [2.05, 4.69) is 16.2 Å². The zero-order chi connectivity index (χ0) is 20.8. The molecule has 2 N–H and O–H groups in total. The highest BCUT2D eigenvalue weighted by Gasteiger charge is 2.15. The van der Waals surface area contributed by atoms with Crippen LogP contribution in [0, 0.1) is 11.3 Å². The van der Waals surface area contributed by atoms with E-state index >= 15 is 0 Å².